The van der Waals surface area contributed by atoms with E-state index in [0.717, 1.165) is 24.2 Å². The average Bonchev–Trinajstić information content (AvgIpc) is 2.78. The number of phenolic OH excluding ortho intramolecular Hbond substituents is 1. The van der Waals surface area contributed by atoms with E-state index in [9.17, 15) is 19.5 Å². The number of unbranched alkanes of at least 4 members (excludes halogenated alkanes) is 2. The van der Waals surface area contributed by atoms with Gasteiger partial charge in [-0.25, -0.2) is 4.79 Å². The number of rotatable bonds is 12. The number of phenols is 1. The quantitative estimate of drug-likeness (QED) is 0.224. The summed E-state index contributed by atoms with van der Waals surface area (Å²) in [5.74, 6) is -0.694. The minimum atomic E-state index is -1.27. The SMILES string of the molecule is C#CN(C(=O)C(CCSC)NC(=O)OC(C)(C)C)C(C(=O)NCCCCC)c1cccc(C)c1O. The number of nitrogens with zero attached hydrogens (tertiary/aromatic N) is 1. The molecule has 3 N–H and O–H groups in total. The lowest BCUT2D eigenvalue weighted by Crippen LogP contribution is -2.51. The maximum absolute atomic E-state index is 13.6. The van der Waals surface area contributed by atoms with Crippen molar-refractivity contribution in [3.8, 4) is 18.2 Å². The molecule has 0 aliphatic heterocycles. The highest BCUT2D eigenvalue weighted by molar-refractivity contribution is 7.98. The summed E-state index contributed by atoms with van der Waals surface area (Å²) in [5.41, 5.74) is 0.00348. The topological polar surface area (TPSA) is 108 Å². The van der Waals surface area contributed by atoms with Crippen molar-refractivity contribution in [3.63, 3.8) is 0 Å². The van der Waals surface area contributed by atoms with Gasteiger partial charge in [0.2, 0.25) is 5.91 Å². The van der Waals surface area contributed by atoms with Crippen LogP contribution in [0.5, 0.6) is 5.75 Å². The van der Waals surface area contributed by atoms with Crippen LogP contribution in [0.1, 0.15) is 70.5 Å². The van der Waals surface area contributed by atoms with Gasteiger partial charge in [-0.1, -0.05) is 44.4 Å². The molecule has 2 unspecified atom stereocenters. The number of aryl methyl sites for hydroxylation is 1. The van der Waals surface area contributed by atoms with E-state index in [0.29, 0.717) is 17.9 Å². The van der Waals surface area contributed by atoms with Gasteiger partial charge in [-0.05, 0) is 58.1 Å². The third kappa shape index (κ3) is 9.73. The van der Waals surface area contributed by atoms with Crippen LogP contribution in [-0.2, 0) is 14.3 Å². The molecule has 0 saturated carbocycles. The minimum absolute atomic E-state index is 0.116. The van der Waals surface area contributed by atoms with Gasteiger partial charge in [0.05, 0.1) is 0 Å². The number of ether oxygens (including phenoxy) is 1. The van der Waals surface area contributed by atoms with Crippen LogP contribution in [0.25, 0.3) is 0 Å². The standard InChI is InChI=1S/C26H39N3O5S/c1-8-10-11-16-27-23(31)21(19-14-12-13-18(3)22(19)30)29(9-2)24(32)20(15-17-35-7)28-25(33)34-26(4,5)6/h2,12-14,20-21,30H,8,10-11,15-17H2,1,3-7H3,(H,27,31)(H,28,33). The molecule has 9 heteroatoms. The van der Waals surface area contributed by atoms with Crippen molar-refractivity contribution < 1.29 is 24.2 Å². The maximum Gasteiger partial charge on any atom is 0.408 e. The molecule has 0 saturated heterocycles. The molecule has 8 nitrogen and oxygen atoms in total. The lowest BCUT2D eigenvalue weighted by atomic mass is 9.99. The largest absolute Gasteiger partial charge is 0.507 e. The van der Waals surface area contributed by atoms with Crippen LogP contribution in [0.2, 0.25) is 0 Å². The van der Waals surface area contributed by atoms with Gasteiger partial charge >= 0.3 is 6.09 Å². The summed E-state index contributed by atoms with van der Waals surface area (Å²) >= 11 is 1.50. The van der Waals surface area contributed by atoms with Gasteiger partial charge in [-0.2, -0.15) is 11.8 Å². The predicted octanol–water partition coefficient (Wildman–Crippen LogP) is 4.11. The molecule has 35 heavy (non-hydrogen) atoms. The van der Waals surface area contributed by atoms with Crippen molar-refractivity contribution in [2.24, 2.45) is 0 Å². The summed E-state index contributed by atoms with van der Waals surface area (Å²) in [6.07, 6.45) is 9.86. The molecule has 2 atom stereocenters. The number of amides is 3. The minimum Gasteiger partial charge on any atom is -0.507 e. The second-order valence-corrected chi connectivity index (χ2v) is 10.2. The van der Waals surface area contributed by atoms with Crippen molar-refractivity contribution in [3.05, 3.63) is 29.3 Å². The number of para-hydroxylation sites is 1. The third-order valence-corrected chi connectivity index (χ3v) is 5.77. The van der Waals surface area contributed by atoms with Crippen LogP contribution in [-0.4, -0.2) is 58.1 Å². The summed E-state index contributed by atoms with van der Waals surface area (Å²) in [6.45, 7) is 9.33. The first-order valence-corrected chi connectivity index (χ1v) is 13.2. The zero-order valence-electron chi connectivity index (χ0n) is 21.6. The Kier molecular flexibility index (Phi) is 12.5. The van der Waals surface area contributed by atoms with E-state index in [1.807, 2.05) is 6.26 Å². The fourth-order valence-electron chi connectivity index (χ4n) is 3.36. The molecule has 0 aliphatic rings. The van der Waals surface area contributed by atoms with Crippen molar-refractivity contribution in [2.75, 3.05) is 18.6 Å². The van der Waals surface area contributed by atoms with Crippen molar-refractivity contribution >= 4 is 29.7 Å². The van der Waals surface area contributed by atoms with E-state index in [1.165, 1.54) is 11.8 Å². The van der Waals surface area contributed by atoms with Crippen LogP contribution in [0, 0.1) is 19.4 Å². The fourth-order valence-corrected chi connectivity index (χ4v) is 3.83. The smallest absolute Gasteiger partial charge is 0.408 e. The van der Waals surface area contributed by atoms with E-state index < -0.39 is 35.6 Å². The van der Waals surface area contributed by atoms with Crippen molar-refractivity contribution in [2.45, 2.75) is 78.0 Å². The molecule has 194 valence electrons. The number of carbonyl (C=O) groups is 3. The number of hydrogen-bond acceptors (Lipinski definition) is 6. The number of benzene rings is 1. The maximum atomic E-state index is 13.6. The number of hydrogen-bond donors (Lipinski definition) is 3. The number of alkyl carbamates (subject to hydrolysis) is 1. The number of aromatic hydroxyl groups is 1. The van der Waals surface area contributed by atoms with Crippen LogP contribution in [0.3, 0.4) is 0 Å². The van der Waals surface area contributed by atoms with Crippen molar-refractivity contribution in [1.82, 2.24) is 15.5 Å². The predicted molar refractivity (Wildman–Crippen MR) is 140 cm³/mol. The Morgan fingerprint density at radius 3 is 2.51 bits per heavy atom. The lowest BCUT2D eigenvalue weighted by molar-refractivity contribution is -0.138. The number of terminal acetylenes is 1. The molecule has 1 rings (SSSR count). The Morgan fingerprint density at radius 1 is 1.26 bits per heavy atom. The van der Waals surface area contributed by atoms with E-state index >= 15 is 0 Å². The first-order valence-electron chi connectivity index (χ1n) is 11.8. The first-order chi connectivity index (χ1) is 16.5. The first kappa shape index (κ1) is 30.2. The number of carbonyl (C=O) groups excluding carboxylic acids is 3. The second-order valence-electron chi connectivity index (χ2n) is 9.23. The zero-order valence-corrected chi connectivity index (χ0v) is 22.5. The van der Waals surface area contributed by atoms with Gasteiger partial charge in [-0.3, -0.25) is 14.5 Å². The highest BCUT2D eigenvalue weighted by Crippen LogP contribution is 2.32. The molecule has 1 aromatic carbocycles. The van der Waals surface area contributed by atoms with Gasteiger partial charge in [0.25, 0.3) is 5.91 Å². The molecule has 0 aliphatic carbocycles. The van der Waals surface area contributed by atoms with Crippen LogP contribution in [0.15, 0.2) is 18.2 Å². The Hall–Kier alpha value is -2.86. The van der Waals surface area contributed by atoms with Gasteiger partial charge in [0, 0.05) is 18.2 Å². The van der Waals surface area contributed by atoms with Crippen LogP contribution >= 0.6 is 11.8 Å². The molecule has 0 fully saturated rings. The van der Waals surface area contributed by atoms with Crippen LogP contribution < -0.4 is 10.6 Å². The Morgan fingerprint density at radius 2 is 1.94 bits per heavy atom. The number of nitrogens with one attached hydrogen (secondary N) is 2. The van der Waals surface area contributed by atoms with E-state index in [4.69, 9.17) is 11.2 Å². The monoisotopic (exact) mass is 505 g/mol. The molecule has 0 aromatic heterocycles. The Labute approximate surface area is 213 Å². The van der Waals surface area contributed by atoms with Gasteiger partial charge in [-0.15, -0.1) is 0 Å². The van der Waals surface area contributed by atoms with E-state index in [2.05, 4.69) is 23.6 Å². The second kappa shape index (κ2) is 14.5. The zero-order chi connectivity index (χ0) is 26.6. The van der Waals surface area contributed by atoms with Crippen LogP contribution in [0.4, 0.5) is 4.79 Å². The van der Waals surface area contributed by atoms with E-state index in [1.54, 1.807) is 45.9 Å². The summed E-state index contributed by atoms with van der Waals surface area (Å²) in [5, 5.41) is 16.2. The van der Waals surface area contributed by atoms with Crippen molar-refractivity contribution in [1.29, 1.82) is 0 Å². The Balaban J connectivity index is 3.35. The molecular formula is C26H39N3O5S. The molecule has 0 spiro atoms. The normalized spacial score (nSPS) is 12.7. The van der Waals surface area contributed by atoms with Gasteiger partial charge in [0.15, 0.2) is 6.04 Å². The van der Waals surface area contributed by atoms with E-state index in [-0.39, 0.29) is 17.7 Å². The molecule has 0 heterocycles. The van der Waals surface area contributed by atoms with Gasteiger partial charge < -0.3 is 20.5 Å². The molecule has 3 amide bonds. The average molecular weight is 506 g/mol. The number of thioether (sulfide) groups is 1. The lowest BCUT2D eigenvalue weighted by Gasteiger charge is -2.31. The molecular weight excluding hydrogens is 466 g/mol. The summed E-state index contributed by atoms with van der Waals surface area (Å²) < 4.78 is 5.32. The summed E-state index contributed by atoms with van der Waals surface area (Å²) in [6, 6.07) is 4.98. The molecule has 0 bridgehead atoms. The Bertz CT molecular complexity index is 907. The third-order valence-electron chi connectivity index (χ3n) is 5.13. The molecule has 0 radical (unpaired) electrons. The highest BCUT2D eigenvalue weighted by Gasteiger charge is 2.37. The summed E-state index contributed by atoms with van der Waals surface area (Å²) in [7, 11) is 0. The summed E-state index contributed by atoms with van der Waals surface area (Å²) in [4.78, 5) is 40.3. The van der Waals surface area contributed by atoms with Gasteiger partial charge in [0.1, 0.15) is 17.4 Å². The highest BCUT2D eigenvalue weighted by atomic mass is 32.2. The fraction of sp³-hybridized carbons (Fsp3) is 0.577. The molecule has 1 aromatic rings.